The zero-order valence-electron chi connectivity index (χ0n) is 12.4. The van der Waals surface area contributed by atoms with E-state index in [1.807, 2.05) is 37.3 Å². The lowest BCUT2D eigenvalue weighted by molar-refractivity contribution is -0.137. The van der Waals surface area contributed by atoms with Crippen molar-refractivity contribution >= 4 is 17.7 Å². The number of anilines is 1. The Morgan fingerprint density at radius 2 is 1.95 bits per heavy atom. The van der Waals surface area contributed by atoms with Crippen molar-refractivity contribution < 1.29 is 14.7 Å². The third-order valence-electron chi connectivity index (χ3n) is 3.07. The van der Waals surface area contributed by atoms with E-state index in [0.717, 1.165) is 5.69 Å². The van der Waals surface area contributed by atoms with Crippen molar-refractivity contribution in [1.29, 1.82) is 0 Å². The summed E-state index contributed by atoms with van der Waals surface area (Å²) in [5.74, 6) is -0.853. The van der Waals surface area contributed by atoms with E-state index in [1.165, 1.54) is 0 Å². The van der Waals surface area contributed by atoms with Crippen LogP contribution in [0.25, 0.3) is 0 Å². The Bertz CT molecular complexity index is 474. The first-order valence-electron chi connectivity index (χ1n) is 7.04. The highest BCUT2D eigenvalue weighted by Gasteiger charge is 2.20. The standard InChI is InChI=1S/C16H22N2O3/c1-3-12-17(4-2)16(21)18(13-8-11-15(19)20)14-9-6-5-7-10-14/h3,5-7,9-10H,1,4,8,11-13H2,2H3,(H,19,20). The van der Waals surface area contributed by atoms with Gasteiger partial charge in [-0.3, -0.25) is 9.69 Å². The van der Waals surface area contributed by atoms with Crippen molar-refractivity contribution in [2.24, 2.45) is 0 Å². The predicted molar refractivity (Wildman–Crippen MR) is 83.5 cm³/mol. The SMILES string of the molecule is C=CCN(CC)C(=O)N(CCCC(=O)O)c1ccccc1. The van der Waals surface area contributed by atoms with Crippen LogP contribution in [-0.4, -0.2) is 41.6 Å². The minimum Gasteiger partial charge on any atom is -0.481 e. The normalized spacial score (nSPS) is 9.95. The molecule has 0 spiro atoms. The topological polar surface area (TPSA) is 60.9 Å². The number of benzene rings is 1. The highest BCUT2D eigenvalue weighted by Crippen LogP contribution is 2.16. The number of amides is 2. The van der Waals surface area contributed by atoms with Gasteiger partial charge in [0.15, 0.2) is 0 Å². The molecule has 1 aromatic carbocycles. The number of aliphatic carboxylic acids is 1. The van der Waals surface area contributed by atoms with Gasteiger partial charge in [0.05, 0.1) is 0 Å². The van der Waals surface area contributed by atoms with Crippen LogP contribution in [0.5, 0.6) is 0 Å². The van der Waals surface area contributed by atoms with Crippen molar-refractivity contribution in [3.05, 3.63) is 43.0 Å². The molecular formula is C16H22N2O3. The second kappa shape index (κ2) is 8.79. The molecule has 1 aromatic rings. The van der Waals surface area contributed by atoms with E-state index in [2.05, 4.69) is 6.58 Å². The molecule has 114 valence electrons. The largest absolute Gasteiger partial charge is 0.481 e. The fraction of sp³-hybridized carbons (Fsp3) is 0.375. The lowest BCUT2D eigenvalue weighted by atomic mass is 10.2. The summed E-state index contributed by atoms with van der Waals surface area (Å²) in [6.45, 7) is 6.99. The van der Waals surface area contributed by atoms with Crippen LogP contribution >= 0.6 is 0 Å². The van der Waals surface area contributed by atoms with Gasteiger partial charge in [-0.05, 0) is 25.5 Å². The third kappa shape index (κ3) is 5.30. The molecular weight excluding hydrogens is 268 g/mol. The van der Waals surface area contributed by atoms with E-state index in [9.17, 15) is 9.59 Å². The van der Waals surface area contributed by atoms with Gasteiger partial charge in [0, 0.05) is 31.7 Å². The molecule has 1 N–H and O–H groups in total. The number of hydrogen-bond acceptors (Lipinski definition) is 2. The van der Waals surface area contributed by atoms with E-state index in [4.69, 9.17) is 5.11 Å². The second-order valence-electron chi connectivity index (χ2n) is 4.59. The Labute approximate surface area is 125 Å². The molecule has 0 saturated carbocycles. The molecule has 0 saturated heterocycles. The summed E-state index contributed by atoms with van der Waals surface area (Å²) < 4.78 is 0. The molecule has 0 unspecified atom stereocenters. The van der Waals surface area contributed by atoms with Gasteiger partial charge in [-0.1, -0.05) is 24.3 Å². The lowest BCUT2D eigenvalue weighted by Crippen LogP contribution is -2.44. The van der Waals surface area contributed by atoms with E-state index in [-0.39, 0.29) is 12.5 Å². The molecule has 0 radical (unpaired) electrons. The Kier molecular flexibility index (Phi) is 7.01. The number of carbonyl (C=O) groups excluding carboxylic acids is 1. The molecule has 0 heterocycles. The minimum absolute atomic E-state index is 0.0458. The van der Waals surface area contributed by atoms with Gasteiger partial charge < -0.3 is 10.0 Å². The Morgan fingerprint density at radius 1 is 1.29 bits per heavy atom. The zero-order chi connectivity index (χ0) is 15.7. The summed E-state index contributed by atoms with van der Waals surface area (Å²) in [4.78, 5) is 26.5. The Hall–Kier alpha value is -2.30. The van der Waals surface area contributed by atoms with Crippen LogP contribution in [0, 0.1) is 0 Å². The quantitative estimate of drug-likeness (QED) is 0.749. The summed E-state index contributed by atoms with van der Waals surface area (Å²) in [5.41, 5.74) is 0.774. The van der Waals surface area contributed by atoms with Gasteiger partial charge in [0.2, 0.25) is 0 Å². The van der Waals surface area contributed by atoms with E-state index in [1.54, 1.807) is 15.9 Å². The van der Waals surface area contributed by atoms with Gasteiger partial charge in [-0.25, -0.2) is 4.79 Å². The second-order valence-corrected chi connectivity index (χ2v) is 4.59. The first-order chi connectivity index (χ1) is 10.1. The molecule has 0 aliphatic rings. The smallest absolute Gasteiger partial charge is 0.324 e. The fourth-order valence-electron chi connectivity index (χ4n) is 2.00. The van der Waals surface area contributed by atoms with Crippen LogP contribution in [0.2, 0.25) is 0 Å². The van der Waals surface area contributed by atoms with Crippen LogP contribution in [0.3, 0.4) is 0 Å². The molecule has 0 atom stereocenters. The van der Waals surface area contributed by atoms with Crippen LogP contribution in [0.15, 0.2) is 43.0 Å². The van der Waals surface area contributed by atoms with Gasteiger partial charge in [-0.2, -0.15) is 0 Å². The number of carboxylic acids is 1. The first-order valence-corrected chi connectivity index (χ1v) is 7.04. The zero-order valence-corrected chi connectivity index (χ0v) is 12.4. The number of likely N-dealkylation sites (N-methyl/N-ethyl adjacent to an activating group) is 1. The molecule has 0 aliphatic heterocycles. The highest BCUT2D eigenvalue weighted by molar-refractivity contribution is 5.92. The molecule has 2 amide bonds. The van der Waals surface area contributed by atoms with Crippen LogP contribution in [0.4, 0.5) is 10.5 Å². The average molecular weight is 290 g/mol. The monoisotopic (exact) mass is 290 g/mol. The summed E-state index contributed by atoms with van der Waals surface area (Å²) in [6.07, 6.45) is 2.15. The average Bonchev–Trinajstić information content (AvgIpc) is 2.49. The summed E-state index contributed by atoms with van der Waals surface area (Å²) in [6, 6.07) is 9.16. The molecule has 5 heteroatoms. The van der Waals surface area contributed by atoms with Crippen molar-refractivity contribution in [3.63, 3.8) is 0 Å². The molecule has 21 heavy (non-hydrogen) atoms. The van der Waals surface area contributed by atoms with Gasteiger partial charge in [0.25, 0.3) is 0 Å². The lowest BCUT2D eigenvalue weighted by Gasteiger charge is -2.29. The van der Waals surface area contributed by atoms with Crippen molar-refractivity contribution in [1.82, 2.24) is 4.90 Å². The fourth-order valence-corrected chi connectivity index (χ4v) is 2.00. The minimum atomic E-state index is -0.853. The predicted octanol–water partition coefficient (Wildman–Crippen LogP) is 2.99. The molecule has 0 fully saturated rings. The number of rotatable bonds is 8. The highest BCUT2D eigenvalue weighted by atomic mass is 16.4. The number of carbonyl (C=O) groups is 2. The van der Waals surface area contributed by atoms with Crippen molar-refractivity contribution in [2.75, 3.05) is 24.5 Å². The van der Waals surface area contributed by atoms with Crippen molar-refractivity contribution in [3.8, 4) is 0 Å². The molecule has 0 bridgehead atoms. The van der Waals surface area contributed by atoms with Gasteiger partial charge in [-0.15, -0.1) is 6.58 Å². The molecule has 5 nitrogen and oxygen atoms in total. The first kappa shape index (κ1) is 16.8. The number of carboxylic acid groups (broad SMARTS) is 1. The number of urea groups is 1. The summed E-state index contributed by atoms with van der Waals surface area (Å²) >= 11 is 0. The number of hydrogen-bond donors (Lipinski definition) is 1. The Balaban J connectivity index is 2.87. The van der Waals surface area contributed by atoms with E-state index >= 15 is 0 Å². The maximum absolute atomic E-state index is 12.6. The molecule has 0 aliphatic carbocycles. The Morgan fingerprint density at radius 3 is 2.48 bits per heavy atom. The number of nitrogens with zero attached hydrogens (tertiary/aromatic N) is 2. The third-order valence-corrected chi connectivity index (χ3v) is 3.07. The summed E-state index contributed by atoms with van der Waals surface area (Å²) in [7, 11) is 0. The van der Waals surface area contributed by atoms with Crippen LogP contribution < -0.4 is 4.90 Å². The van der Waals surface area contributed by atoms with Crippen LogP contribution in [0.1, 0.15) is 19.8 Å². The summed E-state index contributed by atoms with van der Waals surface area (Å²) in [5, 5.41) is 8.75. The van der Waals surface area contributed by atoms with E-state index in [0.29, 0.717) is 26.1 Å². The maximum atomic E-state index is 12.6. The number of para-hydroxylation sites is 1. The molecule has 1 rings (SSSR count). The van der Waals surface area contributed by atoms with Crippen LogP contribution in [-0.2, 0) is 4.79 Å². The van der Waals surface area contributed by atoms with Gasteiger partial charge >= 0.3 is 12.0 Å². The van der Waals surface area contributed by atoms with Gasteiger partial charge in [0.1, 0.15) is 0 Å². The molecule has 0 aromatic heterocycles. The van der Waals surface area contributed by atoms with Crippen molar-refractivity contribution in [2.45, 2.75) is 19.8 Å². The maximum Gasteiger partial charge on any atom is 0.324 e. The van der Waals surface area contributed by atoms with E-state index < -0.39 is 5.97 Å².